The summed E-state index contributed by atoms with van der Waals surface area (Å²) in [6.45, 7) is 0. The van der Waals surface area contributed by atoms with Gasteiger partial charge in [0.05, 0.1) is 0 Å². The summed E-state index contributed by atoms with van der Waals surface area (Å²) in [7, 11) is 0. The lowest BCUT2D eigenvalue weighted by molar-refractivity contribution is -0.106. The molecule has 4 heteroatoms. The van der Waals surface area contributed by atoms with Crippen molar-refractivity contribution in [2.24, 2.45) is 5.73 Å². The van der Waals surface area contributed by atoms with Gasteiger partial charge in [-0.1, -0.05) is 6.42 Å². The fourth-order valence-corrected chi connectivity index (χ4v) is 1.17. The molecule has 1 rings (SSSR count). The Balaban J connectivity index is 0.000000354. The maximum Gasteiger partial charge on any atom is 0.269 e. The molecule has 1 aliphatic carbocycles. The van der Waals surface area contributed by atoms with Gasteiger partial charge in [-0.05, 0) is 31.3 Å². The number of nitrogens with two attached hydrogens (primary N) is 1. The highest BCUT2D eigenvalue weighted by Gasteiger charge is 2.09. The molecule has 0 aliphatic heterocycles. The van der Waals surface area contributed by atoms with E-state index in [2.05, 4.69) is 5.73 Å². The van der Waals surface area contributed by atoms with E-state index in [-0.39, 0.29) is 6.41 Å². The number of hydrogen-bond acceptors (Lipinski definition) is 1. The first-order valence-electron chi connectivity index (χ1n) is 3.90. The zero-order valence-electron chi connectivity index (χ0n) is 6.85. The van der Waals surface area contributed by atoms with Gasteiger partial charge in [-0.15, -0.1) is 0 Å². The van der Waals surface area contributed by atoms with Gasteiger partial charge in [-0.2, -0.15) is 8.78 Å². The number of carbonyl (C=O) groups is 1. The molecule has 1 saturated carbocycles. The monoisotopic (exact) mass is 177 g/mol. The molecule has 0 spiro atoms. The van der Waals surface area contributed by atoms with Crippen molar-refractivity contribution < 1.29 is 13.6 Å². The summed E-state index contributed by atoms with van der Waals surface area (Å²) in [5.74, 6) is 0. The van der Waals surface area contributed by atoms with Gasteiger partial charge in [0, 0.05) is 0 Å². The first-order chi connectivity index (χ1) is 5.72. The summed E-state index contributed by atoms with van der Waals surface area (Å²) in [6, 6.07) is 0. The van der Waals surface area contributed by atoms with Crippen LogP contribution in [0.3, 0.4) is 0 Å². The Morgan fingerprint density at radius 2 is 1.67 bits per heavy atom. The van der Waals surface area contributed by atoms with Crippen molar-refractivity contribution in [1.29, 1.82) is 0 Å². The van der Waals surface area contributed by atoms with Crippen LogP contribution >= 0.6 is 0 Å². The van der Waals surface area contributed by atoms with Crippen LogP contribution in [0, 0.1) is 0 Å². The van der Waals surface area contributed by atoms with E-state index in [9.17, 15) is 8.78 Å². The summed E-state index contributed by atoms with van der Waals surface area (Å²) in [5, 5.41) is 0. The minimum atomic E-state index is -1.44. The number of halogens is 2. The van der Waals surface area contributed by atoms with Crippen LogP contribution in [0.4, 0.5) is 8.78 Å². The number of hydrogen-bond donors (Lipinski definition) is 1. The van der Waals surface area contributed by atoms with Gasteiger partial charge in [0.25, 0.3) is 6.08 Å². The Kier molecular flexibility index (Phi) is 6.24. The molecular weight excluding hydrogens is 164 g/mol. The van der Waals surface area contributed by atoms with E-state index in [1.54, 1.807) is 0 Å². The Morgan fingerprint density at radius 1 is 1.25 bits per heavy atom. The molecule has 1 fully saturated rings. The van der Waals surface area contributed by atoms with Crippen LogP contribution in [0.1, 0.15) is 32.1 Å². The van der Waals surface area contributed by atoms with Crippen LogP contribution in [0.25, 0.3) is 0 Å². The predicted molar refractivity (Wildman–Crippen MR) is 42.6 cm³/mol. The van der Waals surface area contributed by atoms with Crippen molar-refractivity contribution in [2.75, 3.05) is 0 Å². The summed E-state index contributed by atoms with van der Waals surface area (Å²) in [6.07, 6.45) is 3.09. The molecule has 0 bridgehead atoms. The minimum Gasteiger partial charge on any atom is -0.372 e. The first kappa shape index (κ1) is 11.1. The van der Waals surface area contributed by atoms with Crippen molar-refractivity contribution >= 4 is 6.41 Å². The standard InChI is InChI=1S/C7H10F2.CH3NO/c8-7(9)6-4-2-1-3-5-6;2-1-3/h1-5H2;1H,(H2,2,3). The Hall–Kier alpha value is -0.930. The van der Waals surface area contributed by atoms with Crippen molar-refractivity contribution in [3.8, 4) is 0 Å². The fraction of sp³-hybridized carbons (Fsp3) is 0.625. The van der Waals surface area contributed by atoms with Gasteiger partial charge in [-0.3, -0.25) is 4.79 Å². The molecule has 2 N–H and O–H groups in total. The minimum absolute atomic E-state index is 0.250. The highest BCUT2D eigenvalue weighted by Crippen LogP contribution is 2.26. The maximum atomic E-state index is 11.8. The quantitative estimate of drug-likeness (QED) is 0.566. The van der Waals surface area contributed by atoms with Crippen molar-refractivity contribution in [1.82, 2.24) is 0 Å². The topological polar surface area (TPSA) is 43.1 Å². The lowest BCUT2D eigenvalue weighted by atomic mass is 9.96. The maximum absolute atomic E-state index is 11.8. The van der Waals surface area contributed by atoms with E-state index in [1.165, 1.54) is 0 Å². The van der Waals surface area contributed by atoms with E-state index >= 15 is 0 Å². The summed E-state index contributed by atoms with van der Waals surface area (Å²) in [4.78, 5) is 8.58. The lowest BCUT2D eigenvalue weighted by Crippen LogP contribution is -1.93. The third-order valence-corrected chi connectivity index (χ3v) is 1.72. The molecule has 12 heavy (non-hydrogen) atoms. The number of primary amides is 1. The van der Waals surface area contributed by atoms with E-state index in [0.29, 0.717) is 18.4 Å². The summed E-state index contributed by atoms with van der Waals surface area (Å²) >= 11 is 0. The molecular formula is C8H13F2NO. The largest absolute Gasteiger partial charge is 0.372 e. The van der Waals surface area contributed by atoms with Gasteiger partial charge in [0.2, 0.25) is 6.41 Å². The van der Waals surface area contributed by atoms with Crippen LogP contribution in [-0.2, 0) is 4.79 Å². The number of rotatable bonds is 0. The molecule has 0 radical (unpaired) electrons. The van der Waals surface area contributed by atoms with Gasteiger partial charge in [0.15, 0.2) is 0 Å². The lowest BCUT2D eigenvalue weighted by Gasteiger charge is -2.11. The normalized spacial score (nSPS) is 16.0. The van der Waals surface area contributed by atoms with Crippen molar-refractivity contribution in [3.05, 3.63) is 11.7 Å². The molecule has 70 valence electrons. The average molecular weight is 177 g/mol. The third kappa shape index (κ3) is 4.82. The highest BCUT2D eigenvalue weighted by molar-refractivity contribution is 5.42. The first-order valence-corrected chi connectivity index (χ1v) is 3.90. The molecule has 0 saturated heterocycles. The number of amides is 1. The van der Waals surface area contributed by atoms with E-state index in [1.807, 2.05) is 0 Å². The van der Waals surface area contributed by atoms with E-state index in [4.69, 9.17) is 4.79 Å². The zero-order valence-corrected chi connectivity index (χ0v) is 6.85. The number of allylic oxidation sites excluding steroid dienone is 1. The molecule has 0 aromatic carbocycles. The van der Waals surface area contributed by atoms with Gasteiger partial charge >= 0.3 is 0 Å². The van der Waals surface area contributed by atoms with Crippen LogP contribution in [0.5, 0.6) is 0 Å². The summed E-state index contributed by atoms with van der Waals surface area (Å²) < 4.78 is 23.6. The van der Waals surface area contributed by atoms with Crippen LogP contribution in [-0.4, -0.2) is 6.41 Å². The molecule has 0 unspecified atom stereocenters. The van der Waals surface area contributed by atoms with Crippen LogP contribution in [0.15, 0.2) is 11.7 Å². The van der Waals surface area contributed by atoms with Crippen molar-refractivity contribution in [2.45, 2.75) is 32.1 Å². The molecule has 2 nitrogen and oxygen atoms in total. The summed E-state index contributed by atoms with van der Waals surface area (Å²) in [5.41, 5.74) is 4.56. The highest BCUT2D eigenvalue weighted by atomic mass is 19.3. The molecule has 1 amide bonds. The fourth-order valence-electron chi connectivity index (χ4n) is 1.17. The van der Waals surface area contributed by atoms with Crippen LogP contribution < -0.4 is 5.73 Å². The Morgan fingerprint density at radius 3 is 1.92 bits per heavy atom. The molecule has 0 aromatic heterocycles. The average Bonchev–Trinajstić information content (AvgIpc) is 2.07. The molecule has 0 atom stereocenters. The second-order valence-electron chi connectivity index (χ2n) is 2.56. The van der Waals surface area contributed by atoms with E-state index in [0.717, 1.165) is 19.3 Å². The van der Waals surface area contributed by atoms with Crippen molar-refractivity contribution in [3.63, 3.8) is 0 Å². The van der Waals surface area contributed by atoms with Gasteiger partial charge in [0.1, 0.15) is 0 Å². The molecule has 0 heterocycles. The SMILES string of the molecule is FC(F)=C1CCCCC1.NC=O. The predicted octanol–water partition coefficient (Wildman–Crippen LogP) is 2.20. The molecule has 1 aliphatic rings. The van der Waals surface area contributed by atoms with Crippen LogP contribution in [0.2, 0.25) is 0 Å². The second-order valence-corrected chi connectivity index (χ2v) is 2.56. The van der Waals surface area contributed by atoms with E-state index < -0.39 is 6.08 Å². The second kappa shape index (κ2) is 6.76. The number of carbonyl (C=O) groups excluding carboxylic acids is 1. The van der Waals surface area contributed by atoms with Gasteiger partial charge in [-0.25, -0.2) is 0 Å². The third-order valence-electron chi connectivity index (χ3n) is 1.72. The Bertz CT molecular complexity index is 156. The smallest absolute Gasteiger partial charge is 0.269 e. The molecule has 0 aromatic rings. The Labute approximate surface area is 70.4 Å². The van der Waals surface area contributed by atoms with Gasteiger partial charge < -0.3 is 5.73 Å². The zero-order chi connectivity index (χ0) is 9.40.